The number of aryl methyl sites for hydroxylation is 3. The molecule has 8 nitrogen and oxygen atoms in total. The number of aromatic amines is 1. The van der Waals surface area contributed by atoms with Crippen molar-refractivity contribution in [2.75, 3.05) is 5.32 Å². The number of rotatable bonds is 8. The van der Waals surface area contributed by atoms with Gasteiger partial charge in [0.15, 0.2) is 5.67 Å². The fourth-order valence-electron chi connectivity index (χ4n) is 6.15. The number of nitrogens with one attached hydrogen (secondary N) is 3. The second-order valence-electron chi connectivity index (χ2n) is 12.0. The molecule has 9 heteroatoms. The van der Waals surface area contributed by atoms with E-state index in [9.17, 15) is 14.0 Å². The highest BCUT2D eigenvalue weighted by atomic mass is 19.1. The first-order chi connectivity index (χ1) is 20.3. The Labute approximate surface area is 243 Å². The molecule has 2 heterocycles. The van der Waals surface area contributed by atoms with Gasteiger partial charge in [-0.3, -0.25) is 14.7 Å². The summed E-state index contributed by atoms with van der Waals surface area (Å²) in [4.78, 5) is 26.7. The lowest BCUT2D eigenvalue weighted by Crippen LogP contribution is -2.50. The van der Waals surface area contributed by atoms with Crippen molar-refractivity contribution in [3.8, 4) is 22.3 Å². The van der Waals surface area contributed by atoms with E-state index in [0.29, 0.717) is 18.0 Å². The number of nitrogens with zero attached hydrogens (tertiary/aromatic N) is 3. The van der Waals surface area contributed by atoms with Gasteiger partial charge in [0.05, 0.1) is 17.6 Å². The van der Waals surface area contributed by atoms with Crippen LogP contribution in [0.25, 0.3) is 22.3 Å². The maximum atomic E-state index is 14.8. The van der Waals surface area contributed by atoms with Crippen molar-refractivity contribution < 1.29 is 14.0 Å². The number of hydrogen-bond acceptors (Lipinski definition) is 5. The number of fused-ring (bicyclic) bond motifs is 1. The van der Waals surface area contributed by atoms with Crippen LogP contribution in [0.3, 0.4) is 0 Å². The molecular weight excluding hydrogens is 531 g/mol. The molecule has 3 aliphatic carbocycles. The zero-order valence-corrected chi connectivity index (χ0v) is 23.7. The Morgan fingerprint density at radius 3 is 2.45 bits per heavy atom. The highest BCUT2D eigenvalue weighted by Crippen LogP contribution is 2.43. The van der Waals surface area contributed by atoms with Crippen LogP contribution < -0.4 is 10.6 Å². The highest BCUT2D eigenvalue weighted by Gasteiger charge is 2.52. The van der Waals surface area contributed by atoms with E-state index in [1.165, 1.54) is 0 Å². The number of alkyl halides is 1. The Morgan fingerprint density at radius 2 is 1.76 bits per heavy atom. The monoisotopic (exact) mass is 564 g/mol. The van der Waals surface area contributed by atoms with Crippen molar-refractivity contribution in [1.82, 2.24) is 25.7 Å². The lowest BCUT2D eigenvalue weighted by Gasteiger charge is -2.26. The number of aromatic nitrogens is 4. The molecule has 0 saturated heterocycles. The van der Waals surface area contributed by atoms with Gasteiger partial charge in [-0.2, -0.15) is 15.3 Å². The number of hydrogen-bond donors (Lipinski definition) is 3. The molecule has 2 aromatic heterocycles. The van der Waals surface area contributed by atoms with Gasteiger partial charge in [-0.05, 0) is 92.8 Å². The van der Waals surface area contributed by atoms with Gasteiger partial charge in [-0.15, -0.1) is 0 Å². The Balaban J connectivity index is 1.17. The fourth-order valence-corrected chi connectivity index (χ4v) is 6.15. The molecule has 2 saturated carbocycles. The molecule has 2 aromatic carbocycles. The van der Waals surface area contributed by atoms with Gasteiger partial charge in [0, 0.05) is 34.3 Å². The van der Waals surface area contributed by atoms with Crippen molar-refractivity contribution >= 4 is 17.5 Å². The molecule has 1 unspecified atom stereocenters. The topological polar surface area (TPSA) is 113 Å². The third kappa shape index (κ3) is 4.97. The number of carbonyl (C=O) groups is 2. The van der Waals surface area contributed by atoms with Crippen LogP contribution in [0.1, 0.15) is 72.1 Å². The fraction of sp³-hybridized carbons (Fsp3) is 0.364. The summed E-state index contributed by atoms with van der Waals surface area (Å²) in [5.74, 6) is -0.874. The minimum Gasteiger partial charge on any atom is -0.341 e. The van der Waals surface area contributed by atoms with E-state index in [2.05, 4.69) is 55.3 Å². The summed E-state index contributed by atoms with van der Waals surface area (Å²) in [6.07, 6.45) is 5.87. The first kappa shape index (κ1) is 26.5. The summed E-state index contributed by atoms with van der Waals surface area (Å²) >= 11 is 0. The van der Waals surface area contributed by atoms with E-state index in [4.69, 9.17) is 0 Å². The van der Waals surface area contributed by atoms with Crippen LogP contribution >= 0.6 is 0 Å². The lowest BCUT2D eigenvalue weighted by molar-refractivity contribution is -0.131. The number of amides is 2. The SMILES string of the molecule is Cc1n[nH]c(C)c1-c1ccc(NC(=O)C(NC(=O)C2(F)CC2)[C@@H]2CCc3ccc(-c4cnnc(C5CC5)c4)cc32)cc1. The summed E-state index contributed by atoms with van der Waals surface area (Å²) in [6.45, 7) is 3.92. The van der Waals surface area contributed by atoms with Crippen molar-refractivity contribution in [2.24, 2.45) is 0 Å². The summed E-state index contributed by atoms with van der Waals surface area (Å²) in [7, 11) is 0. The van der Waals surface area contributed by atoms with Crippen molar-refractivity contribution in [2.45, 2.75) is 75.9 Å². The number of halogens is 1. The second kappa shape index (κ2) is 10.2. The molecule has 3 N–H and O–H groups in total. The molecule has 42 heavy (non-hydrogen) atoms. The molecule has 4 aromatic rings. The van der Waals surface area contributed by atoms with Gasteiger partial charge in [0.1, 0.15) is 6.04 Å². The molecule has 3 aliphatic rings. The molecule has 7 rings (SSSR count). The number of anilines is 1. The van der Waals surface area contributed by atoms with Crippen LogP contribution in [0.2, 0.25) is 0 Å². The van der Waals surface area contributed by atoms with E-state index < -0.39 is 17.6 Å². The predicted molar refractivity (Wildman–Crippen MR) is 158 cm³/mol. The third-order valence-electron chi connectivity index (χ3n) is 8.91. The van der Waals surface area contributed by atoms with Crippen LogP contribution in [0, 0.1) is 13.8 Å². The van der Waals surface area contributed by atoms with Gasteiger partial charge < -0.3 is 10.6 Å². The first-order valence-corrected chi connectivity index (χ1v) is 14.7. The Bertz CT molecular complexity index is 1670. The minimum absolute atomic E-state index is 0.186. The van der Waals surface area contributed by atoms with Crippen LogP contribution in [-0.4, -0.2) is 43.9 Å². The van der Waals surface area contributed by atoms with E-state index >= 15 is 0 Å². The van der Waals surface area contributed by atoms with Crippen molar-refractivity contribution in [1.29, 1.82) is 0 Å². The van der Waals surface area contributed by atoms with Crippen LogP contribution in [0.5, 0.6) is 0 Å². The molecule has 0 spiro atoms. The standard InChI is InChI=1S/C33H33FN6O2/c1-18-29(19(2)39-38-18)22-7-10-25(11-8-22)36-31(41)30(37-32(42)33(34)13-14-33)26-12-9-20-3-6-23(15-27(20)26)24-16-28(21-4-5-21)40-35-17-24/h3,6-8,10-11,15-17,21,26,30H,4-5,9,12-14H2,1-2H3,(H,36,41)(H,37,42)(H,38,39)/t26-,30?/m1/s1. The van der Waals surface area contributed by atoms with Gasteiger partial charge in [0.25, 0.3) is 5.91 Å². The maximum absolute atomic E-state index is 14.8. The van der Waals surface area contributed by atoms with Crippen LogP contribution in [-0.2, 0) is 16.0 Å². The quantitative estimate of drug-likeness (QED) is 0.255. The molecule has 2 fully saturated rings. The average Bonchev–Trinajstić information content (AvgIpc) is 3.92. The number of benzene rings is 2. The van der Waals surface area contributed by atoms with E-state index in [1.807, 2.05) is 38.1 Å². The average molecular weight is 565 g/mol. The van der Waals surface area contributed by atoms with Gasteiger partial charge >= 0.3 is 0 Å². The van der Waals surface area contributed by atoms with Gasteiger partial charge in [0.2, 0.25) is 5.91 Å². The molecule has 0 radical (unpaired) electrons. The molecule has 0 aliphatic heterocycles. The Morgan fingerprint density at radius 1 is 1.00 bits per heavy atom. The zero-order valence-electron chi connectivity index (χ0n) is 23.7. The van der Waals surface area contributed by atoms with Crippen molar-refractivity contribution in [3.05, 3.63) is 82.9 Å². The second-order valence-corrected chi connectivity index (χ2v) is 12.0. The number of carbonyl (C=O) groups excluding carboxylic acids is 2. The molecule has 2 atom stereocenters. The van der Waals surface area contributed by atoms with Gasteiger partial charge in [-0.25, -0.2) is 4.39 Å². The first-order valence-electron chi connectivity index (χ1n) is 14.7. The van der Waals surface area contributed by atoms with Crippen LogP contribution in [0.4, 0.5) is 10.1 Å². The maximum Gasteiger partial charge on any atom is 0.258 e. The normalized spacial score (nSPS) is 19.2. The minimum atomic E-state index is -1.88. The van der Waals surface area contributed by atoms with Crippen molar-refractivity contribution in [3.63, 3.8) is 0 Å². The summed E-state index contributed by atoms with van der Waals surface area (Å²) in [5, 5.41) is 21.6. The van der Waals surface area contributed by atoms with E-state index in [1.54, 1.807) is 6.20 Å². The molecular formula is C33H33FN6O2. The third-order valence-corrected chi connectivity index (χ3v) is 8.91. The van der Waals surface area contributed by atoms with Crippen LogP contribution in [0.15, 0.2) is 54.7 Å². The Kier molecular flexibility index (Phi) is 6.40. The summed E-state index contributed by atoms with van der Waals surface area (Å²) < 4.78 is 14.8. The molecule has 2 amide bonds. The summed E-state index contributed by atoms with van der Waals surface area (Å²) in [5.41, 5.74) is 7.73. The Hall–Kier alpha value is -4.40. The highest BCUT2D eigenvalue weighted by molar-refractivity contribution is 6.00. The molecule has 0 bridgehead atoms. The predicted octanol–water partition coefficient (Wildman–Crippen LogP) is 5.68. The smallest absolute Gasteiger partial charge is 0.258 e. The van der Waals surface area contributed by atoms with E-state index in [-0.39, 0.29) is 24.7 Å². The largest absolute Gasteiger partial charge is 0.341 e. The van der Waals surface area contributed by atoms with E-state index in [0.717, 1.165) is 69.7 Å². The molecule has 214 valence electrons. The van der Waals surface area contributed by atoms with Gasteiger partial charge in [-0.1, -0.05) is 30.3 Å². The summed E-state index contributed by atoms with van der Waals surface area (Å²) in [6, 6.07) is 15.0. The lowest BCUT2D eigenvalue weighted by atomic mass is 9.90. The zero-order chi connectivity index (χ0) is 29.0. The number of H-pyrrole nitrogens is 1.